The van der Waals surface area contributed by atoms with E-state index in [2.05, 4.69) is 0 Å². The van der Waals surface area contributed by atoms with Crippen LogP contribution in [-0.2, 0) is 16.0 Å². The number of rotatable bonds is 5. The second kappa shape index (κ2) is 10.3. The molecule has 2 fully saturated rings. The van der Waals surface area contributed by atoms with Gasteiger partial charge < -0.3 is 15.5 Å². The summed E-state index contributed by atoms with van der Waals surface area (Å²) in [6.07, 6.45) is 6.79. The highest BCUT2D eigenvalue weighted by molar-refractivity contribution is 5.85. The summed E-state index contributed by atoms with van der Waals surface area (Å²) < 4.78 is 0. The third-order valence-electron chi connectivity index (χ3n) is 6.46. The van der Waals surface area contributed by atoms with Crippen LogP contribution in [0, 0.1) is 12.3 Å². The van der Waals surface area contributed by atoms with E-state index in [4.69, 9.17) is 5.73 Å². The minimum Gasteiger partial charge on any atom is -0.339 e. The second-order valence-electron chi connectivity index (χ2n) is 8.31. The van der Waals surface area contributed by atoms with E-state index in [0.717, 1.165) is 24.0 Å². The van der Waals surface area contributed by atoms with E-state index < -0.39 is 0 Å². The van der Waals surface area contributed by atoms with Crippen LogP contribution in [0.1, 0.15) is 49.7 Å². The van der Waals surface area contributed by atoms with Crippen molar-refractivity contribution in [3.05, 3.63) is 35.4 Å². The van der Waals surface area contributed by atoms with Crippen LogP contribution in [0.25, 0.3) is 0 Å². The zero-order valence-corrected chi connectivity index (χ0v) is 17.8. The quantitative estimate of drug-likeness (QED) is 0.815. The second-order valence-corrected chi connectivity index (χ2v) is 8.31. The molecule has 3 rings (SSSR count). The molecule has 1 saturated carbocycles. The Morgan fingerprint density at radius 1 is 0.964 bits per heavy atom. The number of halogens is 1. The van der Waals surface area contributed by atoms with Gasteiger partial charge in [0.25, 0.3) is 0 Å². The lowest BCUT2D eigenvalue weighted by Crippen LogP contribution is -2.52. The van der Waals surface area contributed by atoms with Gasteiger partial charge >= 0.3 is 0 Å². The maximum absolute atomic E-state index is 12.8. The van der Waals surface area contributed by atoms with Crippen LogP contribution >= 0.6 is 12.4 Å². The molecule has 0 radical (unpaired) electrons. The Hall–Kier alpha value is -1.59. The summed E-state index contributed by atoms with van der Waals surface area (Å²) in [5.74, 6) is 0.371. The number of nitrogens with zero attached hydrogens (tertiary/aromatic N) is 2. The number of hydrogen-bond donors (Lipinski definition) is 1. The van der Waals surface area contributed by atoms with Crippen molar-refractivity contribution in [1.29, 1.82) is 0 Å². The van der Waals surface area contributed by atoms with Gasteiger partial charge in [0.15, 0.2) is 0 Å². The average Bonchev–Trinajstić information content (AvgIpc) is 2.70. The van der Waals surface area contributed by atoms with Crippen molar-refractivity contribution < 1.29 is 9.59 Å². The molecule has 0 aromatic heterocycles. The van der Waals surface area contributed by atoms with Crippen LogP contribution < -0.4 is 5.73 Å². The molecule has 1 heterocycles. The Morgan fingerprint density at radius 2 is 1.54 bits per heavy atom. The van der Waals surface area contributed by atoms with Gasteiger partial charge in [-0.25, -0.2) is 0 Å². The van der Waals surface area contributed by atoms with Gasteiger partial charge in [0.1, 0.15) is 0 Å². The number of carbonyl (C=O) groups is 2. The average molecular weight is 408 g/mol. The molecule has 156 valence electrons. The zero-order chi connectivity index (χ0) is 19.3. The van der Waals surface area contributed by atoms with Gasteiger partial charge in [0.05, 0.1) is 6.42 Å². The molecule has 0 atom stereocenters. The molecule has 2 aliphatic rings. The van der Waals surface area contributed by atoms with E-state index in [-0.39, 0.29) is 29.6 Å². The van der Waals surface area contributed by atoms with Gasteiger partial charge in [-0.15, -0.1) is 12.4 Å². The van der Waals surface area contributed by atoms with Gasteiger partial charge in [0, 0.05) is 32.6 Å². The Kier molecular flexibility index (Phi) is 8.32. The highest BCUT2D eigenvalue weighted by Gasteiger charge is 2.35. The number of aryl methyl sites for hydroxylation is 1. The van der Waals surface area contributed by atoms with E-state index in [1.807, 2.05) is 41.0 Å². The summed E-state index contributed by atoms with van der Waals surface area (Å²) in [5, 5.41) is 0. The first kappa shape index (κ1) is 22.7. The largest absolute Gasteiger partial charge is 0.339 e. The highest BCUT2D eigenvalue weighted by atomic mass is 35.5. The number of benzene rings is 1. The molecule has 6 heteroatoms. The molecule has 1 aromatic rings. The standard InChI is InChI=1S/C22H33N3O2.ClH/c1-18-7-3-4-8-19(18)15-20(26)24-11-13-25(14-12-24)21(27)16-22(17-23)9-5-2-6-10-22;/h3-4,7-8H,2,5-6,9-17,23H2,1H3;1H. The molecule has 1 aromatic carbocycles. The molecule has 0 bridgehead atoms. The fourth-order valence-electron chi connectivity index (χ4n) is 4.48. The number of amides is 2. The predicted molar refractivity (Wildman–Crippen MR) is 114 cm³/mol. The van der Waals surface area contributed by atoms with E-state index in [9.17, 15) is 9.59 Å². The molecular weight excluding hydrogens is 374 g/mol. The Labute approximate surface area is 175 Å². The first-order valence-electron chi connectivity index (χ1n) is 10.3. The first-order chi connectivity index (χ1) is 13.0. The third kappa shape index (κ3) is 5.48. The van der Waals surface area contributed by atoms with E-state index in [0.29, 0.717) is 45.6 Å². The summed E-state index contributed by atoms with van der Waals surface area (Å²) in [6.45, 7) is 5.18. The molecule has 0 unspecified atom stereocenters. The van der Waals surface area contributed by atoms with Crippen molar-refractivity contribution in [2.75, 3.05) is 32.7 Å². The molecule has 2 N–H and O–H groups in total. The smallest absolute Gasteiger partial charge is 0.227 e. The molecule has 5 nitrogen and oxygen atoms in total. The number of piperazine rings is 1. The molecule has 1 aliphatic heterocycles. The fourth-order valence-corrected chi connectivity index (χ4v) is 4.48. The summed E-state index contributed by atoms with van der Waals surface area (Å²) in [6, 6.07) is 8.03. The van der Waals surface area contributed by atoms with E-state index in [1.165, 1.54) is 19.3 Å². The van der Waals surface area contributed by atoms with Gasteiger partial charge in [-0.05, 0) is 42.9 Å². The Morgan fingerprint density at radius 3 is 2.11 bits per heavy atom. The lowest BCUT2D eigenvalue weighted by Gasteiger charge is -2.39. The van der Waals surface area contributed by atoms with Crippen molar-refractivity contribution in [2.45, 2.75) is 51.9 Å². The number of carbonyl (C=O) groups excluding carboxylic acids is 2. The maximum Gasteiger partial charge on any atom is 0.227 e. The summed E-state index contributed by atoms with van der Waals surface area (Å²) in [7, 11) is 0. The topological polar surface area (TPSA) is 66.6 Å². The number of hydrogen-bond acceptors (Lipinski definition) is 3. The molecule has 2 amide bonds. The zero-order valence-electron chi connectivity index (χ0n) is 17.0. The van der Waals surface area contributed by atoms with Crippen LogP contribution in [0.4, 0.5) is 0 Å². The van der Waals surface area contributed by atoms with Crippen molar-refractivity contribution in [2.24, 2.45) is 11.1 Å². The summed E-state index contributed by atoms with van der Waals surface area (Å²) >= 11 is 0. The lowest BCUT2D eigenvalue weighted by molar-refractivity contribution is -0.141. The van der Waals surface area contributed by atoms with Gasteiger partial charge in [-0.2, -0.15) is 0 Å². The first-order valence-corrected chi connectivity index (χ1v) is 10.3. The molecule has 1 saturated heterocycles. The minimum absolute atomic E-state index is 0. The van der Waals surface area contributed by atoms with Crippen LogP contribution in [-0.4, -0.2) is 54.3 Å². The highest BCUT2D eigenvalue weighted by Crippen LogP contribution is 2.38. The van der Waals surface area contributed by atoms with Crippen LogP contribution in [0.5, 0.6) is 0 Å². The van der Waals surface area contributed by atoms with Gasteiger partial charge in [-0.1, -0.05) is 43.5 Å². The van der Waals surface area contributed by atoms with E-state index >= 15 is 0 Å². The predicted octanol–water partition coefficient (Wildman–Crippen LogP) is 2.93. The monoisotopic (exact) mass is 407 g/mol. The van der Waals surface area contributed by atoms with Crippen LogP contribution in [0.15, 0.2) is 24.3 Å². The molecule has 1 aliphatic carbocycles. The fraction of sp³-hybridized carbons (Fsp3) is 0.636. The van der Waals surface area contributed by atoms with Gasteiger partial charge in [-0.3, -0.25) is 9.59 Å². The SMILES string of the molecule is Cc1ccccc1CC(=O)N1CCN(C(=O)CC2(CN)CCCCC2)CC1.Cl. The lowest BCUT2D eigenvalue weighted by atomic mass is 9.71. The Bertz CT molecular complexity index is 666. The van der Waals surface area contributed by atoms with Crippen molar-refractivity contribution >= 4 is 24.2 Å². The number of nitrogens with two attached hydrogens (primary N) is 1. The van der Waals surface area contributed by atoms with Crippen molar-refractivity contribution in [3.8, 4) is 0 Å². The summed E-state index contributed by atoms with van der Waals surface area (Å²) in [4.78, 5) is 29.3. The molecule has 28 heavy (non-hydrogen) atoms. The third-order valence-corrected chi connectivity index (χ3v) is 6.46. The molecule has 0 spiro atoms. The minimum atomic E-state index is 0. The normalized spacial score (nSPS) is 19.1. The summed E-state index contributed by atoms with van der Waals surface area (Å²) in [5.41, 5.74) is 8.29. The van der Waals surface area contributed by atoms with Crippen molar-refractivity contribution in [3.63, 3.8) is 0 Å². The van der Waals surface area contributed by atoms with Gasteiger partial charge in [0.2, 0.25) is 11.8 Å². The van der Waals surface area contributed by atoms with Crippen LogP contribution in [0.2, 0.25) is 0 Å². The van der Waals surface area contributed by atoms with Crippen LogP contribution in [0.3, 0.4) is 0 Å². The van der Waals surface area contributed by atoms with E-state index in [1.54, 1.807) is 0 Å². The molecular formula is C22H34ClN3O2. The van der Waals surface area contributed by atoms with Crippen molar-refractivity contribution in [1.82, 2.24) is 9.80 Å². The maximum atomic E-state index is 12.8. The Balaban J connectivity index is 0.00000280.